The summed E-state index contributed by atoms with van der Waals surface area (Å²) >= 11 is 1.39. The minimum atomic E-state index is -0.685. The molecular weight excluding hydrogens is 392 g/mol. The third-order valence-corrected chi connectivity index (χ3v) is 5.48. The first-order chi connectivity index (χ1) is 13.9. The van der Waals surface area contributed by atoms with Gasteiger partial charge in [-0.15, -0.1) is 11.3 Å². The molecule has 2 unspecified atom stereocenters. The quantitative estimate of drug-likeness (QED) is 0.610. The summed E-state index contributed by atoms with van der Waals surface area (Å²) in [5, 5.41) is 14.2. The number of carbonyl (C=O) groups excluding carboxylic acids is 1. The molecule has 10 heteroatoms. The van der Waals surface area contributed by atoms with Crippen LogP contribution >= 0.6 is 11.3 Å². The highest BCUT2D eigenvalue weighted by Crippen LogP contribution is 2.36. The summed E-state index contributed by atoms with van der Waals surface area (Å²) in [5.74, 6) is -0.442. The van der Waals surface area contributed by atoms with E-state index in [0.717, 1.165) is 11.3 Å². The van der Waals surface area contributed by atoms with Crippen LogP contribution in [0.15, 0.2) is 50.3 Å². The number of carbonyl (C=O) groups is 1. The van der Waals surface area contributed by atoms with Crippen LogP contribution in [0, 0.1) is 11.3 Å². The van der Waals surface area contributed by atoms with E-state index in [1.54, 1.807) is 19.1 Å². The highest BCUT2D eigenvalue weighted by Gasteiger charge is 2.35. The Hall–Kier alpha value is -3.84. The molecule has 3 heterocycles. The normalized spacial score (nSPS) is 18.6. The maximum absolute atomic E-state index is 12.0. The first-order valence-electron chi connectivity index (χ1n) is 8.60. The van der Waals surface area contributed by atoms with E-state index in [0.29, 0.717) is 16.3 Å². The van der Waals surface area contributed by atoms with Gasteiger partial charge in [-0.2, -0.15) is 5.26 Å². The Balaban J connectivity index is 1.76. The zero-order valence-corrected chi connectivity index (χ0v) is 15.9. The van der Waals surface area contributed by atoms with Gasteiger partial charge in [0, 0.05) is 28.4 Å². The average Bonchev–Trinajstić information content (AvgIpc) is 3.16. The summed E-state index contributed by atoms with van der Waals surface area (Å²) in [5.41, 5.74) is 1.72. The second kappa shape index (κ2) is 7.29. The molecule has 0 aliphatic carbocycles. The molecule has 29 heavy (non-hydrogen) atoms. The molecule has 2 aromatic heterocycles. The smallest absolute Gasteiger partial charge is 0.327 e. The van der Waals surface area contributed by atoms with Gasteiger partial charge in [-0.25, -0.2) is 19.6 Å². The molecule has 0 bridgehead atoms. The Morgan fingerprint density at radius 3 is 2.59 bits per heavy atom. The summed E-state index contributed by atoms with van der Waals surface area (Å²) in [4.78, 5) is 48.8. The van der Waals surface area contributed by atoms with Crippen molar-refractivity contribution >= 4 is 23.1 Å². The molecule has 2 atom stereocenters. The molecule has 4 rings (SSSR count). The molecule has 1 aliphatic rings. The zero-order chi connectivity index (χ0) is 20.5. The molecular formula is C19H14N6O3S. The fourth-order valence-electron chi connectivity index (χ4n) is 3.23. The zero-order valence-electron chi connectivity index (χ0n) is 15.1. The molecule has 0 saturated heterocycles. The summed E-state index contributed by atoms with van der Waals surface area (Å²) in [6, 6.07) is 9.14. The monoisotopic (exact) mass is 406 g/mol. The van der Waals surface area contributed by atoms with Crippen LogP contribution in [0.2, 0.25) is 0 Å². The Bertz CT molecular complexity index is 1250. The van der Waals surface area contributed by atoms with Gasteiger partial charge in [0.15, 0.2) is 0 Å². The Morgan fingerprint density at radius 1 is 1.14 bits per heavy atom. The van der Waals surface area contributed by atoms with Crippen molar-refractivity contribution in [1.29, 1.82) is 5.26 Å². The predicted octanol–water partition coefficient (Wildman–Crippen LogP) is 2.07. The molecule has 144 valence electrons. The summed E-state index contributed by atoms with van der Waals surface area (Å²) in [6.45, 7) is 1.71. The van der Waals surface area contributed by atoms with Crippen LogP contribution in [-0.2, 0) is 0 Å². The van der Waals surface area contributed by atoms with Crippen molar-refractivity contribution in [2.45, 2.75) is 18.9 Å². The number of hydrogen-bond acceptors (Lipinski definition) is 6. The van der Waals surface area contributed by atoms with Gasteiger partial charge in [-0.05, 0) is 19.1 Å². The lowest BCUT2D eigenvalue weighted by Gasteiger charge is -2.29. The Morgan fingerprint density at radius 2 is 1.90 bits per heavy atom. The molecule has 0 radical (unpaired) electrons. The van der Waals surface area contributed by atoms with E-state index in [1.165, 1.54) is 17.4 Å². The van der Waals surface area contributed by atoms with Gasteiger partial charge in [0.05, 0.1) is 29.3 Å². The molecule has 1 aliphatic heterocycles. The topological polar surface area (TPSA) is 144 Å². The molecule has 0 spiro atoms. The van der Waals surface area contributed by atoms with Crippen LogP contribution in [0.4, 0.5) is 4.79 Å². The van der Waals surface area contributed by atoms with E-state index in [2.05, 4.69) is 31.3 Å². The molecule has 1 aromatic carbocycles. The Labute approximate surface area is 167 Å². The standard InChI is InChI=1S/C19H14N6O3S/c1-9-15(16(25-18(27)21-9)12-6-14(26)24-19(28)23-12)17-22-13(8-29-17)11-4-2-10(7-20)3-5-11/h2-6,8,15-16H,1H3,(H,25,27)(H2,23,24,26,28). The number of nitriles is 1. The molecule has 0 fully saturated rings. The van der Waals surface area contributed by atoms with Gasteiger partial charge in [-0.3, -0.25) is 9.78 Å². The number of benzene rings is 1. The van der Waals surface area contributed by atoms with Crippen molar-refractivity contribution in [3.05, 3.63) is 72.8 Å². The van der Waals surface area contributed by atoms with Crippen LogP contribution in [0.25, 0.3) is 11.3 Å². The highest BCUT2D eigenvalue weighted by atomic mass is 32.1. The molecule has 3 N–H and O–H groups in total. The average molecular weight is 406 g/mol. The number of aromatic nitrogens is 3. The summed E-state index contributed by atoms with van der Waals surface area (Å²) < 4.78 is 0. The third-order valence-electron chi connectivity index (χ3n) is 4.55. The third kappa shape index (κ3) is 3.63. The number of thiazole rings is 1. The predicted molar refractivity (Wildman–Crippen MR) is 107 cm³/mol. The van der Waals surface area contributed by atoms with Crippen molar-refractivity contribution in [2.75, 3.05) is 0 Å². The van der Waals surface area contributed by atoms with Crippen molar-refractivity contribution in [3.63, 3.8) is 0 Å². The minimum absolute atomic E-state index is 0.279. The van der Waals surface area contributed by atoms with Crippen molar-refractivity contribution in [2.24, 2.45) is 4.99 Å². The highest BCUT2D eigenvalue weighted by molar-refractivity contribution is 7.10. The lowest BCUT2D eigenvalue weighted by molar-refractivity contribution is 0.242. The molecule has 9 nitrogen and oxygen atoms in total. The van der Waals surface area contributed by atoms with E-state index in [-0.39, 0.29) is 5.69 Å². The van der Waals surface area contributed by atoms with Crippen LogP contribution in [0.5, 0.6) is 0 Å². The fourth-order valence-corrected chi connectivity index (χ4v) is 4.26. The Kier molecular flexibility index (Phi) is 4.66. The number of nitrogens with one attached hydrogen (secondary N) is 3. The number of hydrogen-bond donors (Lipinski definition) is 3. The maximum atomic E-state index is 12.0. The molecule has 2 amide bonds. The second-order valence-corrected chi connectivity index (χ2v) is 7.35. The van der Waals surface area contributed by atoms with Crippen LogP contribution in [-0.4, -0.2) is 26.7 Å². The second-order valence-electron chi connectivity index (χ2n) is 6.46. The molecule has 3 aromatic rings. The number of aliphatic imine (C=N–C) groups is 1. The SMILES string of the molecule is CC1=NC(=O)NC(c2cc(=O)[nH]c(=O)[nH]2)C1c1nc(-c2ccc(C#N)cc2)cs1. The minimum Gasteiger partial charge on any atom is -0.327 e. The van der Waals surface area contributed by atoms with Gasteiger partial charge < -0.3 is 10.3 Å². The van der Waals surface area contributed by atoms with Gasteiger partial charge in [0.1, 0.15) is 5.01 Å². The first kappa shape index (κ1) is 18.5. The number of amides is 2. The van der Waals surface area contributed by atoms with Crippen molar-refractivity contribution in [3.8, 4) is 17.3 Å². The van der Waals surface area contributed by atoms with Gasteiger partial charge in [0.25, 0.3) is 5.56 Å². The van der Waals surface area contributed by atoms with Crippen molar-refractivity contribution in [1.82, 2.24) is 20.3 Å². The van der Waals surface area contributed by atoms with Gasteiger partial charge >= 0.3 is 11.7 Å². The fraction of sp³-hybridized carbons (Fsp3) is 0.158. The van der Waals surface area contributed by atoms with Gasteiger partial charge in [0.2, 0.25) is 0 Å². The molecule has 0 saturated carbocycles. The number of nitrogens with zero attached hydrogens (tertiary/aromatic N) is 3. The van der Waals surface area contributed by atoms with E-state index >= 15 is 0 Å². The van der Waals surface area contributed by atoms with E-state index < -0.39 is 29.2 Å². The van der Waals surface area contributed by atoms with E-state index in [4.69, 9.17) is 5.26 Å². The number of urea groups is 1. The number of H-pyrrole nitrogens is 2. The number of rotatable bonds is 3. The van der Waals surface area contributed by atoms with Crippen LogP contribution < -0.4 is 16.6 Å². The van der Waals surface area contributed by atoms with Gasteiger partial charge in [-0.1, -0.05) is 12.1 Å². The largest absolute Gasteiger partial charge is 0.341 e. The maximum Gasteiger partial charge on any atom is 0.341 e. The lowest BCUT2D eigenvalue weighted by Crippen LogP contribution is -2.40. The number of aromatic amines is 2. The van der Waals surface area contributed by atoms with Crippen LogP contribution in [0.1, 0.15) is 35.1 Å². The van der Waals surface area contributed by atoms with Crippen LogP contribution in [0.3, 0.4) is 0 Å². The first-order valence-corrected chi connectivity index (χ1v) is 9.48. The van der Waals surface area contributed by atoms with E-state index in [1.807, 2.05) is 17.5 Å². The van der Waals surface area contributed by atoms with Crippen molar-refractivity contribution < 1.29 is 4.79 Å². The lowest BCUT2D eigenvalue weighted by atomic mass is 9.91. The van der Waals surface area contributed by atoms with E-state index in [9.17, 15) is 14.4 Å². The summed E-state index contributed by atoms with van der Waals surface area (Å²) in [7, 11) is 0. The summed E-state index contributed by atoms with van der Waals surface area (Å²) in [6.07, 6.45) is 0.